The van der Waals surface area contributed by atoms with Crippen LogP contribution in [0.5, 0.6) is 0 Å². The molecule has 182 valence electrons. The van der Waals surface area contributed by atoms with E-state index in [0.29, 0.717) is 5.41 Å². The van der Waals surface area contributed by atoms with Gasteiger partial charge in [0.05, 0.1) is 0 Å². The molecule has 0 heterocycles. The first-order valence-corrected chi connectivity index (χ1v) is 14.9. The van der Waals surface area contributed by atoms with Crippen LogP contribution in [0.4, 0.5) is 0 Å². The van der Waals surface area contributed by atoms with E-state index in [9.17, 15) is 0 Å². The van der Waals surface area contributed by atoms with Gasteiger partial charge in [-0.25, -0.2) is 0 Å². The lowest BCUT2D eigenvalue weighted by atomic mass is 9.73. The topological polar surface area (TPSA) is 28.2 Å². The summed E-state index contributed by atoms with van der Waals surface area (Å²) in [6.07, 6.45) is 9.06. The fourth-order valence-electron chi connectivity index (χ4n) is 4.18. The summed E-state index contributed by atoms with van der Waals surface area (Å²) in [5.74, 6) is 0. The molecule has 0 aliphatic carbocycles. The van der Waals surface area contributed by atoms with Crippen molar-refractivity contribution in [2.45, 2.75) is 78.3 Å². The Balaban J connectivity index is 5.31. The first-order chi connectivity index (χ1) is 14.2. The van der Waals surface area contributed by atoms with Crippen molar-refractivity contribution in [1.82, 2.24) is 14.7 Å². The van der Waals surface area contributed by atoms with E-state index in [4.69, 9.17) is 8.85 Å². The molecule has 0 saturated heterocycles. The van der Waals surface area contributed by atoms with E-state index in [-0.39, 0.29) is 0 Å². The standard InChI is InChI=1S/C24H55N3O2Si/c1-10-25(4)20-13-16-24(17-14-21-26(5)11-2,18-15-22-27(6)12-3)19-23-30(9,28-7)29-8/h10-23H2,1-9H3. The Hall–Kier alpha value is 0.0169. The van der Waals surface area contributed by atoms with Crippen molar-refractivity contribution < 1.29 is 8.85 Å². The molecule has 0 bridgehead atoms. The van der Waals surface area contributed by atoms with E-state index in [1.807, 2.05) is 14.2 Å². The molecule has 0 saturated carbocycles. The van der Waals surface area contributed by atoms with Crippen LogP contribution in [-0.2, 0) is 8.85 Å². The fourth-order valence-corrected chi connectivity index (χ4v) is 5.74. The third-order valence-electron chi connectivity index (χ3n) is 7.33. The van der Waals surface area contributed by atoms with Crippen LogP contribution in [0.15, 0.2) is 0 Å². The number of rotatable bonds is 20. The number of hydrogen-bond donors (Lipinski definition) is 0. The highest BCUT2D eigenvalue weighted by atomic mass is 28.4. The first kappa shape index (κ1) is 30.0. The van der Waals surface area contributed by atoms with Crippen molar-refractivity contribution in [3.05, 3.63) is 0 Å². The summed E-state index contributed by atoms with van der Waals surface area (Å²) in [4.78, 5) is 7.34. The molecule has 0 aromatic carbocycles. The van der Waals surface area contributed by atoms with Gasteiger partial charge in [0.25, 0.3) is 0 Å². The molecule has 5 nitrogen and oxygen atoms in total. The van der Waals surface area contributed by atoms with Gasteiger partial charge in [0.1, 0.15) is 0 Å². The third kappa shape index (κ3) is 12.8. The van der Waals surface area contributed by atoms with Crippen molar-refractivity contribution >= 4 is 8.56 Å². The lowest BCUT2D eigenvalue weighted by Gasteiger charge is -2.38. The Labute approximate surface area is 190 Å². The zero-order chi connectivity index (χ0) is 23.0. The first-order valence-electron chi connectivity index (χ1n) is 12.4. The summed E-state index contributed by atoms with van der Waals surface area (Å²) >= 11 is 0. The van der Waals surface area contributed by atoms with E-state index < -0.39 is 8.56 Å². The minimum absolute atomic E-state index is 0.406. The van der Waals surface area contributed by atoms with Gasteiger partial charge in [-0.05, 0) is 123 Å². The molecule has 0 aliphatic heterocycles. The Morgan fingerprint density at radius 1 is 0.633 bits per heavy atom. The summed E-state index contributed by atoms with van der Waals surface area (Å²) < 4.78 is 11.7. The molecule has 0 N–H and O–H groups in total. The molecule has 0 amide bonds. The van der Waals surface area contributed by atoms with Crippen LogP contribution in [0, 0.1) is 5.41 Å². The van der Waals surface area contributed by atoms with Crippen LogP contribution in [0.25, 0.3) is 0 Å². The van der Waals surface area contributed by atoms with Crippen molar-refractivity contribution in [2.75, 3.05) is 74.6 Å². The largest absolute Gasteiger partial charge is 0.398 e. The van der Waals surface area contributed by atoms with Crippen LogP contribution in [0.2, 0.25) is 12.6 Å². The molecule has 6 heteroatoms. The third-order valence-corrected chi connectivity index (χ3v) is 10.2. The van der Waals surface area contributed by atoms with Crippen LogP contribution in [0.1, 0.15) is 65.7 Å². The average molecular weight is 446 g/mol. The van der Waals surface area contributed by atoms with E-state index in [2.05, 4.69) is 63.2 Å². The quantitative estimate of drug-likeness (QED) is 0.248. The predicted octanol–water partition coefficient (Wildman–Crippen LogP) is 4.92. The van der Waals surface area contributed by atoms with E-state index in [0.717, 1.165) is 25.7 Å². The molecule has 0 radical (unpaired) electrons. The number of hydrogen-bond acceptors (Lipinski definition) is 5. The maximum atomic E-state index is 5.85. The lowest BCUT2D eigenvalue weighted by Crippen LogP contribution is -2.38. The van der Waals surface area contributed by atoms with Gasteiger partial charge in [-0.3, -0.25) is 0 Å². The van der Waals surface area contributed by atoms with Gasteiger partial charge in [0.15, 0.2) is 0 Å². The monoisotopic (exact) mass is 445 g/mol. The van der Waals surface area contributed by atoms with Gasteiger partial charge in [0.2, 0.25) is 0 Å². The minimum atomic E-state index is -2.04. The molecule has 0 aromatic heterocycles. The van der Waals surface area contributed by atoms with Crippen molar-refractivity contribution in [3.63, 3.8) is 0 Å². The van der Waals surface area contributed by atoms with Gasteiger partial charge < -0.3 is 23.6 Å². The van der Waals surface area contributed by atoms with Crippen LogP contribution >= 0.6 is 0 Å². The molecule has 0 unspecified atom stereocenters. The second-order valence-corrected chi connectivity index (χ2v) is 13.1. The molecular formula is C24H55N3O2Si. The molecular weight excluding hydrogens is 390 g/mol. The highest BCUT2D eigenvalue weighted by Gasteiger charge is 2.36. The van der Waals surface area contributed by atoms with Gasteiger partial charge in [-0.2, -0.15) is 0 Å². The zero-order valence-electron chi connectivity index (χ0n) is 22.1. The Morgan fingerprint density at radius 3 is 1.23 bits per heavy atom. The molecule has 0 fully saturated rings. The summed E-state index contributed by atoms with van der Waals surface area (Å²) in [7, 11) is 8.36. The maximum absolute atomic E-state index is 5.85. The molecule has 0 aromatic rings. The molecule has 0 atom stereocenters. The van der Waals surface area contributed by atoms with Crippen LogP contribution in [-0.4, -0.2) is 97.9 Å². The zero-order valence-corrected chi connectivity index (χ0v) is 23.1. The fraction of sp³-hybridized carbons (Fsp3) is 1.00. The number of nitrogens with zero attached hydrogens (tertiary/aromatic N) is 3. The van der Waals surface area contributed by atoms with Gasteiger partial charge >= 0.3 is 8.56 Å². The summed E-state index contributed by atoms with van der Waals surface area (Å²) in [5.41, 5.74) is 0.406. The van der Waals surface area contributed by atoms with Crippen molar-refractivity contribution in [1.29, 1.82) is 0 Å². The summed E-state index contributed by atoms with van der Waals surface area (Å²) in [5, 5.41) is 0. The predicted molar refractivity (Wildman–Crippen MR) is 135 cm³/mol. The van der Waals surface area contributed by atoms with E-state index in [1.165, 1.54) is 64.6 Å². The van der Waals surface area contributed by atoms with Gasteiger partial charge in [-0.1, -0.05) is 20.8 Å². The Kier molecular flexibility index (Phi) is 16.6. The van der Waals surface area contributed by atoms with E-state index >= 15 is 0 Å². The highest BCUT2D eigenvalue weighted by Crippen LogP contribution is 2.41. The minimum Gasteiger partial charge on any atom is -0.398 e. The van der Waals surface area contributed by atoms with Crippen molar-refractivity contribution in [3.8, 4) is 0 Å². The highest BCUT2D eigenvalue weighted by molar-refractivity contribution is 6.65. The normalized spacial score (nSPS) is 13.2. The van der Waals surface area contributed by atoms with Crippen LogP contribution < -0.4 is 0 Å². The molecule has 0 spiro atoms. The summed E-state index contributed by atoms with van der Waals surface area (Å²) in [6.45, 7) is 16.0. The van der Waals surface area contributed by atoms with Crippen LogP contribution in [0.3, 0.4) is 0 Å². The second kappa shape index (κ2) is 16.6. The molecule has 0 rings (SSSR count). The van der Waals surface area contributed by atoms with E-state index in [1.54, 1.807) is 0 Å². The van der Waals surface area contributed by atoms with Gasteiger partial charge in [0, 0.05) is 14.2 Å². The van der Waals surface area contributed by atoms with Crippen molar-refractivity contribution in [2.24, 2.45) is 5.41 Å². The lowest BCUT2D eigenvalue weighted by molar-refractivity contribution is 0.156. The second-order valence-electron chi connectivity index (χ2n) is 9.54. The van der Waals surface area contributed by atoms with Gasteiger partial charge in [-0.15, -0.1) is 0 Å². The average Bonchev–Trinajstić information content (AvgIpc) is 2.76. The Bertz CT molecular complexity index is 367. The molecule has 30 heavy (non-hydrogen) atoms. The summed E-state index contributed by atoms with van der Waals surface area (Å²) in [6, 6.07) is 1.09. The maximum Gasteiger partial charge on any atom is 0.334 e. The SMILES string of the molecule is CCN(C)CCCC(CCCN(C)CC)(CCCN(C)CC)CC[Si](C)(OC)OC. The smallest absolute Gasteiger partial charge is 0.334 e. The molecule has 0 aliphatic rings. The Morgan fingerprint density at radius 2 is 0.967 bits per heavy atom.